The molecule has 3 fully saturated rings. The largest absolute Gasteiger partial charge is 0.446 e. The Morgan fingerprint density at radius 1 is 0.897 bits per heavy atom. The lowest BCUT2D eigenvalue weighted by atomic mass is 9.84. The lowest BCUT2D eigenvalue weighted by Crippen LogP contribution is -2.35. The van der Waals surface area contributed by atoms with Crippen molar-refractivity contribution < 1.29 is 19.1 Å². The second-order valence-electron chi connectivity index (χ2n) is 9.17. The summed E-state index contributed by atoms with van der Waals surface area (Å²) in [6.07, 6.45) is 11.4. The van der Waals surface area contributed by atoms with Crippen LogP contribution in [0, 0.1) is 11.8 Å². The second kappa shape index (κ2) is 11.1. The van der Waals surface area contributed by atoms with Crippen molar-refractivity contribution in [2.45, 2.75) is 95.6 Å². The summed E-state index contributed by atoms with van der Waals surface area (Å²) in [5, 5.41) is 3.20. The van der Waals surface area contributed by atoms with Gasteiger partial charge in [-0.2, -0.15) is 0 Å². The van der Waals surface area contributed by atoms with Crippen molar-refractivity contribution in [3.63, 3.8) is 0 Å². The zero-order chi connectivity index (χ0) is 20.6. The number of ether oxygens (including phenoxy) is 1. The van der Waals surface area contributed by atoms with Gasteiger partial charge in [-0.1, -0.05) is 38.5 Å². The van der Waals surface area contributed by atoms with Gasteiger partial charge in [0.25, 0.3) is 0 Å². The maximum atomic E-state index is 12.9. The molecule has 1 N–H and O–H groups in total. The highest BCUT2D eigenvalue weighted by molar-refractivity contribution is 5.90. The SMILES string of the molecule is CNC1CCN(C(=O)OC2CC3C(=O)CCCCCCCCCCC(=O)C3C2)C1. The summed E-state index contributed by atoms with van der Waals surface area (Å²) < 4.78 is 5.76. The third-order valence-corrected chi connectivity index (χ3v) is 7.07. The van der Waals surface area contributed by atoms with E-state index in [0.29, 0.717) is 44.8 Å². The second-order valence-corrected chi connectivity index (χ2v) is 9.17. The van der Waals surface area contributed by atoms with Gasteiger partial charge in [0, 0.05) is 43.8 Å². The van der Waals surface area contributed by atoms with Crippen molar-refractivity contribution in [2.24, 2.45) is 11.8 Å². The first-order valence-electron chi connectivity index (χ1n) is 11.8. The Labute approximate surface area is 175 Å². The molecule has 0 radical (unpaired) electrons. The number of ketones is 2. The molecule has 2 aliphatic carbocycles. The van der Waals surface area contributed by atoms with Crippen LogP contribution in [-0.2, 0) is 14.3 Å². The molecule has 3 unspecified atom stereocenters. The van der Waals surface area contributed by atoms with Crippen molar-refractivity contribution in [1.82, 2.24) is 10.2 Å². The number of likely N-dealkylation sites (N-methyl/N-ethyl adjacent to an activating group) is 1. The number of fused-ring (bicyclic) bond motifs is 1. The maximum Gasteiger partial charge on any atom is 0.410 e. The maximum absolute atomic E-state index is 12.9. The Morgan fingerprint density at radius 3 is 1.90 bits per heavy atom. The average Bonchev–Trinajstić information content (AvgIpc) is 3.35. The first-order chi connectivity index (χ1) is 14.1. The first kappa shape index (κ1) is 22.3. The van der Waals surface area contributed by atoms with Crippen molar-refractivity contribution in [3.8, 4) is 0 Å². The van der Waals surface area contributed by atoms with E-state index in [0.717, 1.165) is 32.1 Å². The van der Waals surface area contributed by atoms with E-state index in [1.54, 1.807) is 4.90 Å². The molecule has 3 rings (SSSR count). The molecule has 1 saturated heterocycles. The lowest BCUT2D eigenvalue weighted by molar-refractivity contribution is -0.131. The number of carbonyl (C=O) groups excluding carboxylic acids is 3. The fourth-order valence-corrected chi connectivity index (χ4v) is 5.21. The molecule has 164 valence electrons. The summed E-state index contributed by atoms with van der Waals surface area (Å²) in [6.45, 7) is 1.36. The number of carbonyl (C=O) groups is 3. The molecular formula is C23H38N2O4. The van der Waals surface area contributed by atoms with Gasteiger partial charge in [0.05, 0.1) is 0 Å². The van der Waals surface area contributed by atoms with E-state index >= 15 is 0 Å². The molecule has 6 nitrogen and oxygen atoms in total. The lowest BCUT2D eigenvalue weighted by Gasteiger charge is -2.19. The third-order valence-electron chi connectivity index (χ3n) is 7.07. The molecule has 6 heteroatoms. The van der Waals surface area contributed by atoms with Crippen molar-refractivity contribution in [1.29, 1.82) is 0 Å². The highest BCUT2D eigenvalue weighted by Crippen LogP contribution is 2.38. The number of amides is 1. The number of rotatable bonds is 2. The van der Waals surface area contributed by atoms with Gasteiger partial charge in [-0.05, 0) is 39.2 Å². The normalized spacial score (nSPS) is 32.7. The van der Waals surface area contributed by atoms with Gasteiger partial charge in [-0.15, -0.1) is 0 Å². The van der Waals surface area contributed by atoms with Gasteiger partial charge in [0.1, 0.15) is 17.7 Å². The van der Waals surface area contributed by atoms with E-state index in [2.05, 4.69) is 5.32 Å². The third kappa shape index (κ3) is 6.27. The molecule has 0 aromatic carbocycles. The molecule has 29 heavy (non-hydrogen) atoms. The van der Waals surface area contributed by atoms with E-state index < -0.39 is 0 Å². The van der Waals surface area contributed by atoms with Crippen LogP contribution < -0.4 is 5.32 Å². The van der Waals surface area contributed by atoms with Crippen LogP contribution in [0.15, 0.2) is 0 Å². The Morgan fingerprint density at radius 2 is 1.41 bits per heavy atom. The quantitative estimate of drug-likeness (QED) is 0.753. The highest BCUT2D eigenvalue weighted by atomic mass is 16.6. The Balaban J connectivity index is 1.59. The van der Waals surface area contributed by atoms with Crippen LogP contribution in [0.25, 0.3) is 0 Å². The van der Waals surface area contributed by atoms with Crippen LogP contribution in [0.4, 0.5) is 4.79 Å². The van der Waals surface area contributed by atoms with Crippen LogP contribution in [0.2, 0.25) is 0 Å². The molecule has 1 aliphatic heterocycles. The molecule has 3 aliphatic rings. The molecular weight excluding hydrogens is 368 g/mol. The minimum absolute atomic E-state index is 0.204. The van der Waals surface area contributed by atoms with E-state index in [4.69, 9.17) is 4.74 Å². The summed E-state index contributed by atoms with van der Waals surface area (Å²) in [5.41, 5.74) is 0. The van der Waals surface area contributed by atoms with Gasteiger partial charge >= 0.3 is 6.09 Å². The zero-order valence-corrected chi connectivity index (χ0v) is 18.0. The zero-order valence-electron chi connectivity index (χ0n) is 18.0. The van der Waals surface area contributed by atoms with Crippen LogP contribution in [0.1, 0.15) is 83.5 Å². The van der Waals surface area contributed by atoms with Crippen LogP contribution in [0.5, 0.6) is 0 Å². The molecule has 1 heterocycles. The van der Waals surface area contributed by atoms with E-state index in [1.165, 1.54) is 25.7 Å². The van der Waals surface area contributed by atoms with Crippen LogP contribution >= 0.6 is 0 Å². The highest BCUT2D eigenvalue weighted by Gasteiger charge is 2.43. The predicted molar refractivity (Wildman–Crippen MR) is 112 cm³/mol. The predicted octanol–water partition coefficient (Wildman–Crippen LogP) is 3.86. The van der Waals surface area contributed by atoms with E-state index in [1.807, 2.05) is 7.05 Å². The number of Topliss-reactive ketones (excluding diaryl/α,β-unsaturated/α-hetero) is 2. The Hall–Kier alpha value is -1.43. The summed E-state index contributed by atoms with van der Waals surface area (Å²) in [4.78, 5) is 40.0. The molecule has 2 saturated carbocycles. The van der Waals surface area contributed by atoms with Crippen molar-refractivity contribution in [2.75, 3.05) is 20.1 Å². The monoisotopic (exact) mass is 406 g/mol. The number of likely N-dealkylation sites (tertiary alicyclic amines) is 1. The number of nitrogens with zero attached hydrogens (tertiary/aromatic N) is 1. The summed E-state index contributed by atoms with van der Waals surface area (Å²) >= 11 is 0. The first-order valence-corrected chi connectivity index (χ1v) is 11.8. The minimum Gasteiger partial charge on any atom is -0.446 e. The topological polar surface area (TPSA) is 75.7 Å². The molecule has 1 amide bonds. The van der Waals surface area contributed by atoms with E-state index in [9.17, 15) is 14.4 Å². The summed E-state index contributed by atoms with van der Waals surface area (Å²) in [5.74, 6) is -0.107. The molecule has 0 bridgehead atoms. The minimum atomic E-state index is -0.310. The van der Waals surface area contributed by atoms with Gasteiger partial charge < -0.3 is 15.0 Å². The Bertz CT molecular complexity index is 547. The number of nitrogens with one attached hydrogen (secondary N) is 1. The standard InChI is InChI=1S/C23H38N2O4/c1-24-17-12-13-25(16-17)23(28)29-18-14-19-20(15-18)22(27)11-9-7-5-3-2-4-6-8-10-21(19)26/h17-20,24H,2-16H2,1H3. The van der Waals surface area contributed by atoms with Gasteiger partial charge in [0.15, 0.2) is 0 Å². The number of hydrogen-bond acceptors (Lipinski definition) is 5. The average molecular weight is 407 g/mol. The van der Waals surface area contributed by atoms with Crippen LogP contribution in [-0.4, -0.2) is 54.8 Å². The number of hydrogen-bond donors (Lipinski definition) is 1. The smallest absolute Gasteiger partial charge is 0.410 e. The van der Waals surface area contributed by atoms with Crippen LogP contribution in [0.3, 0.4) is 0 Å². The summed E-state index contributed by atoms with van der Waals surface area (Å²) in [6, 6.07) is 0.317. The molecule has 3 atom stereocenters. The van der Waals surface area contributed by atoms with Crippen molar-refractivity contribution in [3.05, 3.63) is 0 Å². The molecule has 0 spiro atoms. The molecule has 0 aromatic heterocycles. The molecule has 0 aromatic rings. The van der Waals surface area contributed by atoms with Crippen molar-refractivity contribution >= 4 is 17.7 Å². The Kier molecular flexibility index (Phi) is 8.52. The van der Waals surface area contributed by atoms with E-state index in [-0.39, 0.29) is 35.6 Å². The van der Waals surface area contributed by atoms with Gasteiger partial charge in [-0.25, -0.2) is 4.79 Å². The van der Waals surface area contributed by atoms with Gasteiger partial charge in [-0.3, -0.25) is 9.59 Å². The fraction of sp³-hybridized carbons (Fsp3) is 0.870. The van der Waals surface area contributed by atoms with Gasteiger partial charge in [0.2, 0.25) is 0 Å². The fourth-order valence-electron chi connectivity index (χ4n) is 5.21. The summed E-state index contributed by atoms with van der Waals surface area (Å²) in [7, 11) is 1.91.